The Kier molecular flexibility index (Phi) is 6.11. The summed E-state index contributed by atoms with van der Waals surface area (Å²) in [6, 6.07) is 24.0. The van der Waals surface area contributed by atoms with Crippen LogP contribution in [0.3, 0.4) is 0 Å². The molecule has 4 heteroatoms. The number of methoxy groups -OCH3 is 1. The number of para-hydroxylation sites is 2. The van der Waals surface area contributed by atoms with Crippen molar-refractivity contribution < 1.29 is 14.3 Å². The lowest BCUT2D eigenvalue weighted by molar-refractivity contribution is 0.0958. The molecule has 0 radical (unpaired) electrons. The largest absolute Gasteiger partial charge is 0.495 e. The summed E-state index contributed by atoms with van der Waals surface area (Å²) >= 11 is 0. The van der Waals surface area contributed by atoms with Crippen molar-refractivity contribution in [2.75, 3.05) is 13.7 Å². The van der Waals surface area contributed by atoms with E-state index in [0.29, 0.717) is 17.1 Å². The zero-order valence-electron chi connectivity index (χ0n) is 14.9. The van der Waals surface area contributed by atoms with Gasteiger partial charge in [0.25, 0.3) is 5.91 Å². The van der Waals surface area contributed by atoms with Gasteiger partial charge in [-0.05, 0) is 48.5 Å². The van der Waals surface area contributed by atoms with E-state index in [1.165, 1.54) is 0 Å². The number of ether oxygens (including phenoxy) is 2. The number of carbonyl (C=O) groups excluding carboxylic acids is 1. The number of benzene rings is 3. The lowest BCUT2D eigenvalue weighted by Gasteiger charge is -2.06. The quantitative estimate of drug-likeness (QED) is 0.694. The maximum Gasteiger partial charge on any atom is 0.252 e. The van der Waals surface area contributed by atoms with Gasteiger partial charge in [-0.15, -0.1) is 0 Å². The fourth-order valence-corrected chi connectivity index (χ4v) is 2.41. The Bertz CT molecular complexity index is 954. The number of rotatable bonds is 5. The van der Waals surface area contributed by atoms with Crippen molar-refractivity contribution in [2.24, 2.45) is 0 Å². The van der Waals surface area contributed by atoms with Crippen LogP contribution in [0.25, 0.3) is 0 Å². The van der Waals surface area contributed by atoms with Crippen LogP contribution >= 0.6 is 0 Å². The number of amides is 1. The number of hydrogen-bond acceptors (Lipinski definition) is 3. The van der Waals surface area contributed by atoms with Crippen LogP contribution in [0.15, 0.2) is 78.9 Å². The highest BCUT2D eigenvalue weighted by Crippen LogP contribution is 2.21. The zero-order valence-corrected chi connectivity index (χ0v) is 14.9. The first-order chi connectivity index (χ1) is 13.3. The summed E-state index contributed by atoms with van der Waals surface area (Å²) in [5.41, 5.74) is 1.34. The summed E-state index contributed by atoms with van der Waals surface area (Å²) in [4.78, 5) is 12.2. The second-order valence-corrected chi connectivity index (χ2v) is 5.62. The number of carbonyl (C=O) groups is 1. The highest BCUT2D eigenvalue weighted by Gasteiger charge is 2.05. The standard InChI is InChI=1S/C23H19NO3/c1-26-22-12-6-5-8-18(22)9-7-17-24-23(25)19-13-15-21(16-14-19)27-20-10-3-2-4-11-20/h2-6,8,10-16H,17H2,1H3,(H,24,25). The van der Waals surface area contributed by atoms with Gasteiger partial charge in [-0.2, -0.15) is 0 Å². The van der Waals surface area contributed by atoms with E-state index in [4.69, 9.17) is 9.47 Å². The lowest BCUT2D eigenvalue weighted by Crippen LogP contribution is -2.23. The van der Waals surface area contributed by atoms with Gasteiger partial charge >= 0.3 is 0 Å². The smallest absolute Gasteiger partial charge is 0.252 e. The molecule has 0 spiro atoms. The SMILES string of the molecule is COc1ccccc1C#CCNC(=O)c1ccc(Oc2ccccc2)cc1. The predicted molar refractivity (Wildman–Crippen MR) is 105 cm³/mol. The molecule has 1 amide bonds. The normalized spacial score (nSPS) is 9.67. The maximum absolute atomic E-state index is 12.2. The van der Waals surface area contributed by atoms with E-state index in [1.807, 2.05) is 54.6 Å². The van der Waals surface area contributed by atoms with Gasteiger partial charge in [0.15, 0.2) is 0 Å². The third-order valence-electron chi connectivity index (χ3n) is 3.76. The van der Waals surface area contributed by atoms with Gasteiger partial charge in [-0.1, -0.05) is 42.2 Å². The summed E-state index contributed by atoms with van der Waals surface area (Å²) in [6.45, 7) is 0.249. The second-order valence-electron chi connectivity index (χ2n) is 5.62. The van der Waals surface area contributed by atoms with Crippen LogP contribution in [-0.2, 0) is 0 Å². The highest BCUT2D eigenvalue weighted by atomic mass is 16.5. The molecule has 0 aromatic heterocycles. The molecule has 0 aliphatic heterocycles. The van der Waals surface area contributed by atoms with Gasteiger partial charge < -0.3 is 14.8 Å². The molecule has 3 aromatic rings. The summed E-state index contributed by atoms with van der Waals surface area (Å²) in [7, 11) is 1.60. The molecule has 4 nitrogen and oxygen atoms in total. The van der Waals surface area contributed by atoms with Crippen molar-refractivity contribution in [1.29, 1.82) is 0 Å². The van der Waals surface area contributed by atoms with E-state index in [1.54, 1.807) is 31.4 Å². The van der Waals surface area contributed by atoms with Crippen LogP contribution in [0, 0.1) is 11.8 Å². The molecule has 0 saturated carbocycles. The molecule has 0 fully saturated rings. The molecule has 0 aliphatic carbocycles. The molecule has 0 bridgehead atoms. The molecule has 3 aromatic carbocycles. The molecule has 0 aliphatic rings. The molecule has 0 unspecified atom stereocenters. The van der Waals surface area contributed by atoms with Gasteiger partial charge in [0.1, 0.15) is 17.2 Å². The van der Waals surface area contributed by atoms with Crippen molar-refractivity contribution in [3.05, 3.63) is 90.0 Å². The Hall–Kier alpha value is -3.71. The Morgan fingerprint density at radius 2 is 1.56 bits per heavy atom. The number of nitrogens with one attached hydrogen (secondary N) is 1. The fraction of sp³-hybridized carbons (Fsp3) is 0.0870. The first-order valence-corrected chi connectivity index (χ1v) is 8.49. The highest BCUT2D eigenvalue weighted by molar-refractivity contribution is 5.94. The minimum Gasteiger partial charge on any atom is -0.495 e. The van der Waals surface area contributed by atoms with Gasteiger partial charge in [0.2, 0.25) is 0 Å². The Balaban J connectivity index is 1.55. The molecular weight excluding hydrogens is 338 g/mol. The zero-order chi connectivity index (χ0) is 18.9. The molecule has 134 valence electrons. The Labute approximate surface area is 158 Å². The van der Waals surface area contributed by atoms with Crippen LogP contribution in [0.4, 0.5) is 0 Å². The van der Waals surface area contributed by atoms with Gasteiger partial charge in [0.05, 0.1) is 19.2 Å². The van der Waals surface area contributed by atoms with E-state index >= 15 is 0 Å². The lowest BCUT2D eigenvalue weighted by atomic mass is 10.2. The van der Waals surface area contributed by atoms with Crippen LogP contribution in [0.1, 0.15) is 15.9 Å². The van der Waals surface area contributed by atoms with Gasteiger partial charge in [-0.3, -0.25) is 4.79 Å². The molecule has 0 saturated heterocycles. The minimum absolute atomic E-state index is 0.185. The van der Waals surface area contributed by atoms with Crippen molar-refractivity contribution in [3.63, 3.8) is 0 Å². The van der Waals surface area contributed by atoms with E-state index in [2.05, 4.69) is 17.2 Å². The third kappa shape index (κ3) is 5.13. The second kappa shape index (κ2) is 9.12. The molecule has 0 atom stereocenters. The monoisotopic (exact) mass is 357 g/mol. The number of hydrogen-bond donors (Lipinski definition) is 1. The maximum atomic E-state index is 12.2. The first-order valence-electron chi connectivity index (χ1n) is 8.49. The molecule has 3 rings (SSSR count). The van der Waals surface area contributed by atoms with Crippen molar-refractivity contribution in [3.8, 4) is 29.1 Å². The Morgan fingerprint density at radius 1 is 0.889 bits per heavy atom. The van der Waals surface area contributed by atoms with Crippen LogP contribution in [0.5, 0.6) is 17.2 Å². The van der Waals surface area contributed by atoms with E-state index in [0.717, 1.165) is 11.3 Å². The minimum atomic E-state index is -0.185. The average Bonchev–Trinajstić information content (AvgIpc) is 2.72. The van der Waals surface area contributed by atoms with Crippen molar-refractivity contribution in [2.45, 2.75) is 0 Å². The van der Waals surface area contributed by atoms with E-state index in [9.17, 15) is 4.79 Å². The van der Waals surface area contributed by atoms with Crippen molar-refractivity contribution >= 4 is 5.91 Å². The predicted octanol–water partition coefficient (Wildman–Crippen LogP) is 4.27. The summed E-state index contributed by atoms with van der Waals surface area (Å²) in [6.07, 6.45) is 0. The van der Waals surface area contributed by atoms with Gasteiger partial charge in [0, 0.05) is 5.56 Å². The first kappa shape index (κ1) is 18.1. The fourth-order valence-electron chi connectivity index (χ4n) is 2.41. The molecule has 27 heavy (non-hydrogen) atoms. The van der Waals surface area contributed by atoms with E-state index < -0.39 is 0 Å². The molecular formula is C23H19NO3. The van der Waals surface area contributed by atoms with Crippen LogP contribution in [0.2, 0.25) is 0 Å². The topological polar surface area (TPSA) is 47.6 Å². The Morgan fingerprint density at radius 3 is 2.30 bits per heavy atom. The summed E-state index contributed by atoms with van der Waals surface area (Å²) < 4.78 is 11.0. The van der Waals surface area contributed by atoms with Crippen molar-refractivity contribution in [1.82, 2.24) is 5.32 Å². The van der Waals surface area contributed by atoms with E-state index in [-0.39, 0.29) is 12.5 Å². The van der Waals surface area contributed by atoms with Crippen LogP contribution in [-0.4, -0.2) is 19.6 Å². The average molecular weight is 357 g/mol. The van der Waals surface area contributed by atoms with Crippen LogP contribution < -0.4 is 14.8 Å². The molecule has 0 heterocycles. The summed E-state index contributed by atoms with van der Waals surface area (Å²) in [5.74, 6) is 7.89. The summed E-state index contributed by atoms with van der Waals surface area (Å²) in [5, 5.41) is 2.78. The third-order valence-corrected chi connectivity index (χ3v) is 3.76. The van der Waals surface area contributed by atoms with Gasteiger partial charge in [-0.25, -0.2) is 0 Å². The molecule has 1 N–H and O–H groups in total.